The highest BCUT2D eigenvalue weighted by molar-refractivity contribution is 5.86. The quantitative estimate of drug-likeness (QED) is 0.335. The van der Waals surface area contributed by atoms with Crippen LogP contribution in [0.25, 0.3) is 5.57 Å². The van der Waals surface area contributed by atoms with Gasteiger partial charge in [-0.1, -0.05) is 23.7 Å². The van der Waals surface area contributed by atoms with Gasteiger partial charge in [0, 0.05) is 44.1 Å². The van der Waals surface area contributed by atoms with Gasteiger partial charge in [0.2, 0.25) is 0 Å². The van der Waals surface area contributed by atoms with Crippen LogP contribution in [0, 0.1) is 5.92 Å². The van der Waals surface area contributed by atoms with Crippen molar-refractivity contribution in [3.05, 3.63) is 65.0 Å². The monoisotopic (exact) mass is 551 g/mol. The molecule has 0 saturated heterocycles. The van der Waals surface area contributed by atoms with Gasteiger partial charge in [0.15, 0.2) is 11.9 Å². The second-order valence-electron chi connectivity index (χ2n) is 9.98. The molecular formula is C27H36F3N5O4. The fourth-order valence-corrected chi connectivity index (χ4v) is 4.23. The number of aromatic nitrogens is 2. The van der Waals surface area contributed by atoms with Gasteiger partial charge >= 0.3 is 6.36 Å². The van der Waals surface area contributed by atoms with Gasteiger partial charge in [-0.2, -0.15) is 4.98 Å². The minimum Gasteiger partial charge on any atom is -0.481 e. The molecule has 0 saturated carbocycles. The molecule has 3 rings (SSSR count). The van der Waals surface area contributed by atoms with Gasteiger partial charge in [-0.3, -0.25) is 4.79 Å². The van der Waals surface area contributed by atoms with E-state index in [9.17, 15) is 18.0 Å². The first kappa shape index (κ1) is 30.0. The van der Waals surface area contributed by atoms with Crippen molar-refractivity contribution in [2.24, 2.45) is 5.92 Å². The molecule has 1 aromatic heterocycles. The lowest BCUT2D eigenvalue weighted by atomic mass is 9.95. The molecule has 2 aliphatic rings. The molecule has 1 aliphatic heterocycles. The minimum absolute atomic E-state index is 0.000541. The number of hydrogen-bond donors (Lipinski definition) is 1. The Bertz CT molecular complexity index is 1200. The molecule has 0 fully saturated rings. The molecule has 0 spiro atoms. The number of allylic oxidation sites excluding steroid dienone is 8. The lowest BCUT2D eigenvalue weighted by molar-refractivity contribution is -0.307. The third-order valence-corrected chi connectivity index (χ3v) is 6.36. The highest BCUT2D eigenvalue weighted by atomic mass is 19.4. The number of carbonyl (C=O) groups excluding carboxylic acids is 1. The molecule has 0 radical (unpaired) electrons. The van der Waals surface area contributed by atoms with E-state index in [4.69, 9.17) is 9.26 Å². The smallest absolute Gasteiger partial charge is 0.481 e. The molecule has 1 N–H and O–H groups in total. The standard InChI is InChI=1S/C27H36F3N5O4/c1-8-9-16(2)12-20(25-32-23(33-39-25)10-11-34(5)6)18(4)35(7)26(36)22-15-31-21-14-19(38-27(28,29)30)13-17(3)24(21)37-22/h8,12,14,17,22,31H,1,9-11,13,15H2,2-7H3/b16-12-,20-18-. The van der Waals surface area contributed by atoms with Crippen molar-refractivity contribution in [3.8, 4) is 0 Å². The Morgan fingerprint density at radius 3 is 2.67 bits per heavy atom. The van der Waals surface area contributed by atoms with E-state index in [-0.39, 0.29) is 24.6 Å². The van der Waals surface area contributed by atoms with Gasteiger partial charge in [-0.25, -0.2) is 0 Å². The Hall–Kier alpha value is -3.54. The third-order valence-electron chi connectivity index (χ3n) is 6.36. The first-order valence-electron chi connectivity index (χ1n) is 12.6. The maximum absolute atomic E-state index is 13.5. The lowest BCUT2D eigenvalue weighted by Crippen LogP contribution is -2.47. The summed E-state index contributed by atoms with van der Waals surface area (Å²) in [5.74, 6) is 0.321. The minimum atomic E-state index is -4.77. The first-order valence-corrected chi connectivity index (χ1v) is 12.6. The zero-order chi connectivity index (χ0) is 28.9. The van der Waals surface area contributed by atoms with Gasteiger partial charge in [0.05, 0.1) is 17.8 Å². The van der Waals surface area contributed by atoms with Crippen molar-refractivity contribution in [1.29, 1.82) is 0 Å². The number of amides is 1. The van der Waals surface area contributed by atoms with Gasteiger partial charge in [0.1, 0.15) is 11.5 Å². The second kappa shape index (κ2) is 12.5. The molecule has 214 valence electrons. The average molecular weight is 552 g/mol. The van der Waals surface area contributed by atoms with E-state index < -0.39 is 18.4 Å². The number of carbonyl (C=O) groups is 1. The summed E-state index contributed by atoms with van der Waals surface area (Å²) >= 11 is 0. The van der Waals surface area contributed by atoms with Crippen molar-refractivity contribution in [2.45, 2.75) is 52.5 Å². The van der Waals surface area contributed by atoms with Crippen molar-refractivity contribution < 1.29 is 32.0 Å². The van der Waals surface area contributed by atoms with Crippen LogP contribution in [0.5, 0.6) is 0 Å². The van der Waals surface area contributed by atoms with Crippen LogP contribution in [0.3, 0.4) is 0 Å². The van der Waals surface area contributed by atoms with Gasteiger partial charge < -0.3 is 29.1 Å². The number of rotatable bonds is 10. The molecule has 2 unspecified atom stereocenters. The van der Waals surface area contributed by atoms with Crippen LogP contribution < -0.4 is 5.32 Å². The molecule has 1 amide bonds. The summed E-state index contributed by atoms with van der Waals surface area (Å²) in [5, 5.41) is 7.12. The average Bonchev–Trinajstić information content (AvgIpc) is 3.32. The van der Waals surface area contributed by atoms with E-state index in [0.717, 1.165) is 12.1 Å². The van der Waals surface area contributed by atoms with Crippen LogP contribution in [0.15, 0.2) is 57.8 Å². The largest absolute Gasteiger partial charge is 0.572 e. The number of halogens is 3. The number of nitrogens with one attached hydrogen (secondary N) is 1. The van der Waals surface area contributed by atoms with Crippen molar-refractivity contribution >= 4 is 11.5 Å². The topological polar surface area (TPSA) is 93.0 Å². The Labute approximate surface area is 226 Å². The first-order chi connectivity index (χ1) is 18.3. The number of hydrogen-bond acceptors (Lipinski definition) is 8. The normalized spacial score (nSPS) is 20.5. The van der Waals surface area contributed by atoms with Crippen molar-refractivity contribution in [3.63, 3.8) is 0 Å². The summed E-state index contributed by atoms with van der Waals surface area (Å²) in [6, 6.07) is 0. The number of nitrogens with zero attached hydrogens (tertiary/aromatic N) is 4. The van der Waals surface area contributed by atoms with Crippen LogP contribution in [-0.2, 0) is 20.7 Å². The van der Waals surface area contributed by atoms with Crippen molar-refractivity contribution in [2.75, 3.05) is 34.2 Å². The molecule has 2 heterocycles. The molecule has 12 heteroatoms. The zero-order valence-corrected chi connectivity index (χ0v) is 23.2. The molecule has 39 heavy (non-hydrogen) atoms. The van der Waals surface area contributed by atoms with E-state index >= 15 is 0 Å². The van der Waals surface area contributed by atoms with Crippen LogP contribution >= 0.6 is 0 Å². The Kier molecular flexibility index (Phi) is 9.65. The maximum atomic E-state index is 13.5. The maximum Gasteiger partial charge on any atom is 0.572 e. The van der Waals surface area contributed by atoms with E-state index in [1.54, 1.807) is 27.0 Å². The summed E-state index contributed by atoms with van der Waals surface area (Å²) in [7, 11) is 5.54. The predicted molar refractivity (Wildman–Crippen MR) is 139 cm³/mol. The number of ether oxygens (including phenoxy) is 2. The summed E-state index contributed by atoms with van der Waals surface area (Å²) < 4.78 is 53.8. The SMILES string of the molecule is C=CC/C(C)=C\C(=C(/C)N(C)C(=O)C1CNC2=C(O1)C(C)CC(OC(F)(F)F)=C2)c1nc(CCN(C)C)no1. The van der Waals surface area contributed by atoms with Crippen LogP contribution in [0.4, 0.5) is 13.2 Å². The summed E-state index contributed by atoms with van der Waals surface area (Å²) in [5.41, 5.74) is 2.54. The fraction of sp³-hybridized carbons (Fsp3) is 0.519. The molecule has 1 aromatic rings. The highest BCUT2D eigenvalue weighted by Crippen LogP contribution is 2.35. The molecule has 0 bridgehead atoms. The molecule has 0 aromatic carbocycles. The Morgan fingerprint density at radius 1 is 1.31 bits per heavy atom. The Balaban J connectivity index is 1.85. The summed E-state index contributed by atoms with van der Waals surface area (Å²) in [6.45, 7) is 10.1. The summed E-state index contributed by atoms with van der Waals surface area (Å²) in [4.78, 5) is 21.5. The van der Waals surface area contributed by atoms with Gasteiger partial charge in [0.25, 0.3) is 11.8 Å². The fourth-order valence-electron chi connectivity index (χ4n) is 4.23. The lowest BCUT2D eigenvalue weighted by Gasteiger charge is -2.35. The van der Waals surface area contributed by atoms with Crippen LogP contribution in [-0.4, -0.2) is 72.5 Å². The van der Waals surface area contributed by atoms with Gasteiger partial charge in [-0.05, 0) is 40.4 Å². The summed E-state index contributed by atoms with van der Waals surface area (Å²) in [6.07, 6.45) is 0.521. The van der Waals surface area contributed by atoms with Crippen LogP contribution in [0.1, 0.15) is 45.3 Å². The molecule has 1 aliphatic carbocycles. The van der Waals surface area contributed by atoms with Crippen LogP contribution in [0.2, 0.25) is 0 Å². The number of likely N-dealkylation sites (N-methyl/N-ethyl adjacent to an activating group) is 2. The second-order valence-corrected chi connectivity index (χ2v) is 9.98. The molecule has 9 nitrogen and oxygen atoms in total. The van der Waals surface area contributed by atoms with E-state index in [1.165, 1.54) is 11.0 Å². The highest BCUT2D eigenvalue weighted by Gasteiger charge is 2.38. The zero-order valence-electron chi connectivity index (χ0n) is 23.2. The molecule has 2 atom stereocenters. The van der Waals surface area contributed by atoms with E-state index in [1.807, 2.05) is 32.0 Å². The Morgan fingerprint density at radius 2 is 2.03 bits per heavy atom. The molecular weight excluding hydrogens is 515 g/mol. The third kappa shape index (κ3) is 7.98. The number of alkyl halides is 3. The van der Waals surface area contributed by atoms with Crippen molar-refractivity contribution in [1.82, 2.24) is 25.3 Å². The van der Waals surface area contributed by atoms with E-state index in [0.29, 0.717) is 47.3 Å². The predicted octanol–water partition coefficient (Wildman–Crippen LogP) is 4.55. The van der Waals surface area contributed by atoms with Gasteiger partial charge in [-0.15, -0.1) is 19.8 Å². The van der Waals surface area contributed by atoms with E-state index in [2.05, 4.69) is 26.8 Å².